The molecule has 0 fully saturated rings. The van der Waals surface area contributed by atoms with Crippen molar-refractivity contribution in [1.29, 1.82) is 0 Å². The number of phenolic OH excluding ortho intramolecular Hbond substituents is 1. The van der Waals surface area contributed by atoms with E-state index >= 15 is 0 Å². The van der Waals surface area contributed by atoms with Crippen LogP contribution in [0.25, 0.3) is 33.4 Å². The van der Waals surface area contributed by atoms with Crippen LogP contribution < -0.4 is 9.62 Å². The second kappa shape index (κ2) is 8.29. The number of furan rings is 1. The van der Waals surface area contributed by atoms with Gasteiger partial charge in [-0.05, 0) is 30.7 Å². The Hall–Kier alpha value is -3.78. The van der Waals surface area contributed by atoms with Gasteiger partial charge in [-0.1, -0.05) is 42.0 Å². The zero-order valence-corrected chi connectivity index (χ0v) is 19.5. The van der Waals surface area contributed by atoms with E-state index in [1.165, 1.54) is 13.1 Å². The van der Waals surface area contributed by atoms with E-state index in [9.17, 15) is 18.3 Å². The molecule has 0 spiro atoms. The third-order valence-corrected chi connectivity index (χ3v) is 6.76. The van der Waals surface area contributed by atoms with Crippen LogP contribution >= 0.6 is 0 Å². The summed E-state index contributed by atoms with van der Waals surface area (Å²) in [5.41, 5.74) is 4.02. The van der Waals surface area contributed by atoms with Crippen molar-refractivity contribution in [1.82, 2.24) is 5.32 Å². The summed E-state index contributed by atoms with van der Waals surface area (Å²) >= 11 is 0. The third kappa shape index (κ3) is 4.17. The van der Waals surface area contributed by atoms with Crippen molar-refractivity contribution in [2.75, 3.05) is 24.7 Å². The normalized spacial score (nSPS) is 11.5. The van der Waals surface area contributed by atoms with Gasteiger partial charge >= 0.3 is 0 Å². The summed E-state index contributed by atoms with van der Waals surface area (Å²) in [6, 6.07) is 17.5. The summed E-state index contributed by atoms with van der Waals surface area (Å²) < 4.78 is 32.0. The van der Waals surface area contributed by atoms with Crippen molar-refractivity contribution >= 4 is 32.6 Å². The number of carbonyl (C=O) groups excluding carboxylic acids is 1. The smallest absolute Gasteiger partial charge is 0.255 e. The molecule has 1 heterocycles. The summed E-state index contributed by atoms with van der Waals surface area (Å²) in [5.74, 6) is 0.111. The maximum absolute atomic E-state index is 12.9. The van der Waals surface area contributed by atoms with Crippen LogP contribution in [0.4, 0.5) is 5.69 Å². The first-order chi connectivity index (χ1) is 15.6. The average Bonchev–Trinajstić information content (AvgIpc) is 3.15. The van der Waals surface area contributed by atoms with E-state index in [4.69, 9.17) is 4.42 Å². The van der Waals surface area contributed by atoms with Gasteiger partial charge in [0.2, 0.25) is 10.0 Å². The predicted octanol–water partition coefficient (Wildman–Crippen LogP) is 4.54. The molecule has 0 aliphatic rings. The molecule has 7 nitrogen and oxygen atoms in total. The van der Waals surface area contributed by atoms with E-state index in [1.807, 2.05) is 31.2 Å². The molecule has 170 valence electrons. The number of sulfonamides is 1. The van der Waals surface area contributed by atoms with Gasteiger partial charge in [0.1, 0.15) is 17.1 Å². The Morgan fingerprint density at radius 2 is 1.73 bits per heavy atom. The van der Waals surface area contributed by atoms with Crippen molar-refractivity contribution in [3.05, 3.63) is 71.8 Å². The fourth-order valence-corrected chi connectivity index (χ4v) is 4.24. The van der Waals surface area contributed by atoms with Crippen molar-refractivity contribution in [3.63, 3.8) is 0 Å². The van der Waals surface area contributed by atoms with Gasteiger partial charge in [0.15, 0.2) is 0 Å². The second-order valence-electron chi connectivity index (χ2n) is 7.90. The largest absolute Gasteiger partial charge is 0.508 e. The van der Waals surface area contributed by atoms with Crippen LogP contribution in [-0.4, -0.2) is 39.8 Å². The molecule has 0 radical (unpaired) electrons. The summed E-state index contributed by atoms with van der Waals surface area (Å²) in [4.78, 5) is 12.9. The lowest BCUT2D eigenvalue weighted by molar-refractivity contribution is 0.0964. The molecule has 0 bridgehead atoms. The maximum Gasteiger partial charge on any atom is 0.255 e. The molecule has 0 saturated carbocycles. The summed E-state index contributed by atoms with van der Waals surface area (Å²) in [6.07, 6.45) is 1.11. The van der Waals surface area contributed by atoms with Gasteiger partial charge < -0.3 is 14.8 Å². The number of nitrogens with zero attached hydrogens (tertiary/aromatic N) is 1. The van der Waals surface area contributed by atoms with Gasteiger partial charge in [0, 0.05) is 36.7 Å². The monoisotopic (exact) mass is 464 g/mol. The molecule has 8 heteroatoms. The number of nitrogens with one attached hydrogen (secondary N) is 1. The molecule has 1 amide bonds. The molecule has 4 aromatic rings. The Morgan fingerprint density at radius 1 is 1.03 bits per heavy atom. The summed E-state index contributed by atoms with van der Waals surface area (Å²) in [7, 11) is -0.602. The molecular formula is C25H24N2O5S. The van der Waals surface area contributed by atoms with Crippen LogP contribution in [-0.2, 0) is 10.0 Å². The highest BCUT2D eigenvalue weighted by molar-refractivity contribution is 7.92. The molecule has 33 heavy (non-hydrogen) atoms. The average molecular weight is 465 g/mol. The third-order valence-electron chi connectivity index (χ3n) is 5.57. The predicted molar refractivity (Wildman–Crippen MR) is 130 cm³/mol. The Balaban J connectivity index is 2.09. The first-order valence-electron chi connectivity index (χ1n) is 10.2. The fourth-order valence-electron chi connectivity index (χ4n) is 3.73. The van der Waals surface area contributed by atoms with Crippen molar-refractivity contribution in [2.45, 2.75) is 6.92 Å². The lowest BCUT2D eigenvalue weighted by Crippen LogP contribution is -2.25. The molecule has 3 aromatic carbocycles. The Bertz CT molecular complexity index is 1470. The minimum absolute atomic E-state index is 0.0413. The minimum Gasteiger partial charge on any atom is -0.508 e. The quantitative estimate of drug-likeness (QED) is 0.452. The molecule has 0 aliphatic heterocycles. The van der Waals surface area contributed by atoms with E-state index < -0.39 is 10.0 Å². The van der Waals surface area contributed by atoms with Crippen LogP contribution in [0.1, 0.15) is 15.9 Å². The van der Waals surface area contributed by atoms with Gasteiger partial charge in [-0.2, -0.15) is 0 Å². The van der Waals surface area contributed by atoms with Gasteiger partial charge in [-0.3, -0.25) is 9.10 Å². The summed E-state index contributed by atoms with van der Waals surface area (Å²) in [6.45, 7) is 1.97. The van der Waals surface area contributed by atoms with Gasteiger partial charge in [0.25, 0.3) is 5.91 Å². The Kier molecular flexibility index (Phi) is 5.63. The lowest BCUT2D eigenvalue weighted by Gasteiger charge is -2.20. The molecule has 4 rings (SSSR count). The molecule has 1 aromatic heterocycles. The number of benzene rings is 3. The fraction of sp³-hybridized carbons (Fsp3) is 0.160. The van der Waals surface area contributed by atoms with Gasteiger partial charge in [0.05, 0.1) is 17.5 Å². The van der Waals surface area contributed by atoms with Crippen LogP contribution in [0.2, 0.25) is 0 Å². The van der Waals surface area contributed by atoms with Crippen molar-refractivity contribution < 1.29 is 22.7 Å². The molecule has 0 unspecified atom stereocenters. The van der Waals surface area contributed by atoms with E-state index in [0.717, 1.165) is 21.7 Å². The second-order valence-corrected chi connectivity index (χ2v) is 9.91. The standard InChI is InChI=1S/C25H24N2O5S/c1-15-8-10-16(11-9-15)24-23(25(29)26-2)20-13-19(17-6-5-7-18(28)12-17)21(14-22(20)32-24)27(3)33(4,30)31/h5-14,28H,1-4H3,(H,26,29). The van der Waals surface area contributed by atoms with E-state index in [-0.39, 0.29) is 11.7 Å². The van der Waals surface area contributed by atoms with Crippen LogP contribution in [0.3, 0.4) is 0 Å². The maximum atomic E-state index is 12.9. The number of carbonyl (C=O) groups is 1. The number of hydrogen-bond donors (Lipinski definition) is 2. The number of phenols is 1. The number of hydrogen-bond acceptors (Lipinski definition) is 5. The van der Waals surface area contributed by atoms with Crippen LogP contribution in [0.15, 0.2) is 65.1 Å². The van der Waals surface area contributed by atoms with Crippen LogP contribution in [0, 0.1) is 6.92 Å². The number of rotatable bonds is 5. The van der Waals surface area contributed by atoms with Crippen molar-refractivity contribution in [2.24, 2.45) is 0 Å². The van der Waals surface area contributed by atoms with Gasteiger partial charge in [-0.15, -0.1) is 0 Å². The highest BCUT2D eigenvalue weighted by Gasteiger charge is 2.25. The number of aryl methyl sites for hydroxylation is 1. The van der Waals surface area contributed by atoms with Crippen molar-refractivity contribution in [3.8, 4) is 28.2 Å². The zero-order valence-electron chi connectivity index (χ0n) is 18.7. The number of aromatic hydroxyl groups is 1. The zero-order chi connectivity index (χ0) is 23.9. The lowest BCUT2D eigenvalue weighted by atomic mass is 9.98. The molecule has 0 saturated heterocycles. The highest BCUT2D eigenvalue weighted by Crippen LogP contribution is 2.41. The SMILES string of the molecule is CNC(=O)c1c(-c2ccc(C)cc2)oc2cc(N(C)S(C)(=O)=O)c(-c3cccc(O)c3)cc12. The van der Waals surface area contributed by atoms with E-state index in [0.29, 0.717) is 39.1 Å². The Morgan fingerprint density at radius 3 is 2.33 bits per heavy atom. The molecule has 0 aliphatic carbocycles. The number of anilines is 1. The van der Waals surface area contributed by atoms with E-state index in [1.54, 1.807) is 37.4 Å². The topological polar surface area (TPSA) is 99.9 Å². The summed E-state index contributed by atoms with van der Waals surface area (Å²) in [5, 5.41) is 13.2. The van der Waals surface area contributed by atoms with Crippen LogP contribution in [0.5, 0.6) is 5.75 Å². The van der Waals surface area contributed by atoms with E-state index in [2.05, 4.69) is 5.32 Å². The first-order valence-corrected chi connectivity index (χ1v) is 12.1. The Labute approximate surface area is 192 Å². The number of fused-ring (bicyclic) bond motifs is 1. The minimum atomic E-state index is -3.60. The van der Waals surface area contributed by atoms with Gasteiger partial charge in [-0.25, -0.2) is 8.42 Å². The molecular weight excluding hydrogens is 440 g/mol. The molecule has 2 N–H and O–H groups in total. The number of amides is 1. The highest BCUT2D eigenvalue weighted by atomic mass is 32.2. The molecule has 0 atom stereocenters. The first kappa shape index (κ1) is 22.4.